The van der Waals surface area contributed by atoms with Gasteiger partial charge in [-0.05, 0) is 48.6 Å². The Bertz CT molecular complexity index is 839. The normalized spacial score (nSPS) is 11.0. The number of aromatic amines is 1. The smallest absolute Gasteiger partial charge is 0.262 e. The molecular weight excluding hydrogens is 314 g/mol. The third kappa shape index (κ3) is 3.82. The van der Waals surface area contributed by atoms with E-state index in [0.717, 1.165) is 29.5 Å². The Morgan fingerprint density at radius 3 is 2.80 bits per heavy atom. The average Bonchev–Trinajstić information content (AvgIpc) is 3.07. The highest BCUT2D eigenvalue weighted by Crippen LogP contribution is 2.35. The molecule has 2 aromatic heterocycles. The molecule has 1 amide bonds. The summed E-state index contributed by atoms with van der Waals surface area (Å²) in [5, 5.41) is 3.85. The number of H-pyrrole nitrogens is 1. The zero-order chi connectivity index (χ0) is 17.6. The van der Waals surface area contributed by atoms with Crippen molar-refractivity contribution in [2.45, 2.75) is 32.6 Å². The predicted molar refractivity (Wildman–Crippen MR) is 100.0 cm³/mol. The number of benzene rings is 1. The van der Waals surface area contributed by atoms with Gasteiger partial charge in [-0.25, -0.2) is 0 Å². The van der Waals surface area contributed by atoms with Crippen LogP contribution in [0.2, 0.25) is 0 Å². The molecule has 0 saturated heterocycles. The van der Waals surface area contributed by atoms with Crippen molar-refractivity contribution in [3.63, 3.8) is 0 Å². The number of nitrogens with zero attached hydrogens (tertiary/aromatic N) is 1. The predicted octanol–water partition coefficient (Wildman–Crippen LogP) is 4.48. The van der Waals surface area contributed by atoms with Crippen LogP contribution in [0.15, 0.2) is 48.9 Å². The van der Waals surface area contributed by atoms with Crippen molar-refractivity contribution in [1.29, 1.82) is 0 Å². The van der Waals surface area contributed by atoms with Crippen LogP contribution in [0.25, 0.3) is 10.9 Å². The van der Waals surface area contributed by atoms with Gasteiger partial charge in [0.05, 0.1) is 11.9 Å². The maximum Gasteiger partial charge on any atom is 0.262 e. The fourth-order valence-corrected chi connectivity index (χ4v) is 3.12. The number of amides is 1. The number of ether oxygens (including phenoxy) is 1. The van der Waals surface area contributed by atoms with Crippen molar-refractivity contribution in [3.8, 4) is 5.75 Å². The van der Waals surface area contributed by atoms with E-state index in [2.05, 4.69) is 35.3 Å². The molecule has 0 aliphatic heterocycles. The molecule has 5 heteroatoms. The molecule has 0 radical (unpaired) electrons. The number of hydrogen-bond donors (Lipinski definition) is 2. The van der Waals surface area contributed by atoms with E-state index in [1.54, 1.807) is 24.5 Å². The first-order valence-corrected chi connectivity index (χ1v) is 8.65. The Balaban J connectivity index is 1.77. The zero-order valence-electron chi connectivity index (χ0n) is 14.6. The van der Waals surface area contributed by atoms with E-state index in [4.69, 9.17) is 4.74 Å². The minimum absolute atomic E-state index is 0.0401. The lowest BCUT2D eigenvalue weighted by molar-refractivity contribution is -0.118. The molecule has 130 valence electrons. The molecule has 3 aromatic rings. The first-order valence-electron chi connectivity index (χ1n) is 8.65. The lowest BCUT2D eigenvalue weighted by Gasteiger charge is -2.14. The molecule has 0 saturated carbocycles. The number of rotatable bonds is 7. The SMILES string of the molecule is CCC(CC)c1c[nH]c2cccc(OCC(=O)Nc3cccnc3)c12. The van der Waals surface area contributed by atoms with Crippen LogP contribution in [-0.4, -0.2) is 22.5 Å². The maximum atomic E-state index is 12.1. The number of pyridine rings is 1. The van der Waals surface area contributed by atoms with Gasteiger partial charge in [0.25, 0.3) is 5.91 Å². The Labute approximate surface area is 147 Å². The summed E-state index contributed by atoms with van der Waals surface area (Å²) in [6, 6.07) is 9.45. The Morgan fingerprint density at radius 1 is 1.24 bits per heavy atom. The van der Waals surface area contributed by atoms with Crippen LogP contribution < -0.4 is 10.1 Å². The van der Waals surface area contributed by atoms with E-state index in [-0.39, 0.29) is 12.5 Å². The van der Waals surface area contributed by atoms with E-state index in [0.29, 0.717) is 11.6 Å². The quantitative estimate of drug-likeness (QED) is 0.668. The second-order valence-corrected chi connectivity index (χ2v) is 6.01. The van der Waals surface area contributed by atoms with E-state index in [1.807, 2.05) is 18.2 Å². The molecule has 3 rings (SSSR count). The van der Waals surface area contributed by atoms with Gasteiger partial charge >= 0.3 is 0 Å². The summed E-state index contributed by atoms with van der Waals surface area (Å²) in [5.41, 5.74) is 2.95. The number of fused-ring (bicyclic) bond motifs is 1. The Hall–Kier alpha value is -2.82. The molecule has 0 fully saturated rings. The summed E-state index contributed by atoms with van der Waals surface area (Å²) < 4.78 is 5.84. The zero-order valence-corrected chi connectivity index (χ0v) is 14.6. The maximum absolute atomic E-state index is 12.1. The largest absolute Gasteiger partial charge is 0.483 e. The van der Waals surface area contributed by atoms with Gasteiger partial charge in [-0.15, -0.1) is 0 Å². The fraction of sp³-hybridized carbons (Fsp3) is 0.300. The molecule has 25 heavy (non-hydrogen) atoms. The van der Waals surface area contributed by atoms with E-state index < -0.39 is 0 Å². The van der Waals surface area contributed by atoms with Crippen molar-refractivity contribution in [2.75, 3.05) is 11.9 Å². The molecule has 0 unspecified atom stereocenters. The van der Waals surface area contributed by atoms with Gasteiger partial charge in [-0.1, -0.05) is 19.9 Å². The van der Waals surface area contributed by atoms with Crippen LogP contribution in [0.4, 0.5) is 5.69 Å². The molecule has 0 bridgehead atoms. The fourth-order valence-electron chi connectivity index (χ4n) is 3.12. The van der Waals surface area contributed by atoms with Crippen LogP contribution >= 0.6 is 0 Å². The lowest BCUT2D eigenvalue weighted by atomic mass is 9.93. The molecule has 0 aliphatic carbocycles. The molecule has 5 nitrogen and oxygen atoms in total. The number of carbonyl (C=O) groups is 1. The van der Waals surface area contributed by atoms with Gasteiger partial charge in [-0.2, -0.15) is 0 Å². The van der Waals surface area contributed by atoms with Crippen molar-refractivity contribution in [3.05, 3.63) is 54.5 Å². The van der Waals surface area contributed by atoms with E-state index >= 15 is 0 Å². The lowest BCUT2D eigenvalue weighted by Crippen LogP contribution is -2.20. The highest BCUT2D eigenvalue weighted by Gasteiger charge is 2.16. The summed E-state index contributed by atoms with van der Waals surface area (Å²) in [7, 11) is 0. The topological polar surface area (TPSA) is 67.0 Å². The Morgan fingerprint density at radius 2 is 2.08 bits per heavy atom. The van der Waals surface area contributed by atoms with Gasteiger partial charge in [0.15, 0.2) is 6.61 Å². The van der Waals surface area contributed by atoms with Crippen LogP contribution in [0.1, 0.15) is 38.2 Å². The molecular formula is C20H23N3O2. The standard InChI is InChI=1S/C20H23N3O2/c1-3-14(4-2)16-12-22-17-8-5-9-18(20(16)17)25-13-19(24)23-15-7-6-10-21-11-15/h5-12,14,22H,3-4,13H2,1-2H3,(H,23,24). The number of nitrogens with one attached hydrogen (secondary N) is 2. The van der Waals surface area contributed by atoms with Gasteiger partial charge in [0.2, 0.25) is 0 Å². The molecule has 0 atom stereocenters. The summed E-state index contributed by atoms with van der Waals surface area (Å²) in [6.45, 7) is 4.34. The highest BCUT2D eigenvalue weighted by molar-refractivity contribution is 5.93. The van der Waals surface area contributed by atoms with Crippen molar-refractivity contribution in [1.82, 2.24) is 9.97 Å². The van der Waals surface area contributed by atoms with Crippen LogP contribution in [0.5, 0.6) is 5.75 Å². The summed E-state index contributed by atoms with van der Waals surface area (Å²) in [6.07, 6.45) is 7.47. The number of aromatic nitrogens is 2. The molecule has 0 aliphatic rings. The van der Waals surface area contributed by atoms with E-state index in [9.17, 15) is 4.79 Å². The second-order valence-electron chi connectivity index (χ2n) is 6.01. The minimum atomic E-state index is -0.204. The molecule has 1 aromatic carbocycles. The van der Waals surface area contributed by atoms with Gasteiger partial charge < -0.3 is 15.0 Å². The van der Waals surface area contributed by atoms with Crippen LogP contribution in [0, 0.1) is 0 Å². The summed E-state index contributed by atoms with van der Waals surface area (Å²) in [5.74, 6) is 1.01. The Kier molecular flexibility index (Phi) is 5.33. The van der Waals surface area contributed by atoms with Crippen molar-refractivity contribution < 1.29 is 9.53 Å². The second kappa shape index (κ2) is 7.83. The number of anilines is 1. The van der Waals surface area contributed by atoms with Gasteiger partial charge in [-0.3, -0.25) is 9.78 Å². The first kappa shape index (κ1) is 17.0. The summed E-state index contributed by atoms with van der Waals surface area (Å²) in [4.78, 5) is 19.4. The summed E-state index contributed by atoms with van der Waals surface area (Å²) >= 11 is 0. The average molecular weight is 337 g/mol. The van der Waals surface area contributed by atoms with Gasteiger partial charge in [0.1, 0.15) is 5.75 Å². The first-order chi connectivity index (χ1) is 12.2. The third-order valence-corrected chi connectivity index (χ3v) is 4.43. The number of hydrogen-bond acceptors (Lipinski definition) is 3. The van der Waals surface area contributed by atoms with Crippen molar-refractivity contribution in [2.24, 2.45) is 0 Å². The molecule has 0 spiro atoms. The third-order valence-electron chi connectivity index (χ3n) is 4.43. The van der Waals surface area contributed by atoms with E-state index in [1.165, 1.54) is 5.56 Å². The van der Waals surface area contributed by atoms with Crippen LogP contribution in [0.3, 0.4) is 0 Å². The minimum Gasteiger partial charge on any atom is -0.483 e. The molecule has 2 heterocycles. The molecule has 2 N–H and O–H groups in total. The van der Waals surface area contributed by atoms with Crippen LogP contribution in [-0.2, 0) is 4.79 Å². The highest BCUT2D eigenvalue weighted by atomic mass is 16.5. The van der Waals surface area contributed by atoms with Crippen molar-refractivity contribution >= 4 is 22.5 Å². The number of carbonyl (C=O) groups excluding carboxylic acids is 1. The monoisotopic (exact) mass is 337 g/mol. The van der Waals surface area contributed by atoms with Gasteiger partial charge in [0, 0.05) is 23.3 Å².